The Hall–Kier alpha value is -9.04. The number of hydrogen-bond acceptors (Lipinski definition) is 1. The summed E-state index contributed by atoms with van der Waals surface area (Å²) in [7, 11) is 0. The molecule has 1 nitrogen and oxygen atoms in total. The molecule has 0 saturated heterocycles. The van der Waals surface area contributed by atoms with Crippen LogP contribution < -0.4 is 4.90 Å². The van der Waals surface area contributed by atoms with Crippen LogP contribution in [0.3, 0.4) is 0 Å². The van der Waals surface area contributed by atoms with Gasteiger partial charge in [-0.05, 0) is 113 Å². The van der Waals surface area contributed by atoms with E-state index in [4.69, 9.17) is 0 Å². The average Bonchev–Trinajstić information content (AvgIpc) is 3.44. The lowest BCUT2D eigenvalue weighted by molar-refractivity contribution is 1.28. The van der Waals surface area contributed by atoms with E-state index in [1.54, 1.807) is 0 Å². The highest BCUT2D eigenvalue weighted by molar-refractivity contribution is 6.09. The fourth-order valence-electron chi connectivity index (χ4n) is 10.3. The Morgan fingerprint density at radius 1 is 0.188 bits per heavy atom. The van der Waals surface area contributed by atoms with E-state index in [2.05, 4.69) is 290 Å². The first kappa shape index (κ1) is 41.4. The van der Waals surface area contributed by atoms with Gasteiger partial charge in [-0.15, -0.1) is 0 Å². The number of benzene rings is 12. The second-order valence-corrected chi connectivity index (χ2v) is 17.6. The topological polar surface area (TPSA) is 3.24 Å². The standard InChI is InChI=1S/C68H47N/c1-3-20-50(21-4-1)58-29-9-10-30-60(58)61-31-11-12-32-62(61)63-33-13-15-38-66(63)69(55-46-44-49(45-47-55)48-40-42-53(43-41-48)57-35-17-25-51-24-7-8-28-56(51)57)67-39-16-14-34-64(67)65-37-19-27-54-26-18-36-59(68(54)65)52-22-5-2-6-23-52/h1-47H. The van der Waals surface area contributed by atoms with Gasteiger partial charge in [0.05, 0.1) is 11.4 Å². The van der Waals surface area contributed by atoms with Gasteiger partial charge in [0.25, 0.3) is 0 Å². The predicted molar refractivity (Wildman–Crippen MR) is 294 cm³/mol. The minimum atomic E-state index is 1.07. The molecular weight excluding hydrogens is 831 g/mol. The molecule has 324 valence electrons. The van der Waals surface area contributed by atoms with E-state index in [0.717, 1.165) is 33.8 Å². The largest absolute Gasteiger partial charge is 0.309 e. The van der Waals surface area contributed by atoms with E-state index in [9.17, 15) is 0 Å². The molecule has 0 aliphatic heterocycles. The molecule has 0 N–H and O–H groups in total. The summed E-state index contributed by atoms with van der Waals surface area (Å²) < 4.78 is 0. The van der Waals surface area contributed by atoms with Gasteiger partial charge in [-0.1, -0.05) is 261 Å². The Morgan fingerprint density at radius 3 is 1.17 bits per heavy atom. The van der Waals surface area contributed by atoms with Gasteiger partial charge in [0, 0.05) is 16.8 Å². The zero-order chi connectivity index (χ0) is 45.9. The van der Waals surface area contributed by atoms with Crippen LogP contribution in [0.4, 0.5) is 17.1 Å². The molecule has 0 spiro atoms. The molecule has 0 amide bonds. The van der Waals surface area contributed by atoms with Crippen molar-refractivity contribution in [3.63, 3.8) is 0 Å². The first-order chi connectivity index (χ1) is 34.3. The van der Waals surface area contributed by atoms with E-state index >= 15 is 0 Å². The van der Waals surface area contributed by atoms with Crippen LogP contribution in [0.15, 0.2) is 285 Å². The first-order valence-corrected chi connectivity index (χ1v) is 23.8. The van der Waals surface area contributed by atoms with E-state index in [0.29, 0.717) is 0 Å². The van der Waals surface area contributed by atoms with Gasteiger partial charge in [-0.2, -0.15) is 0 Å². The quantitative estimate of drug-likeness (QED) is 0.132. The van der Waals surface area contributed by atoms with Gasteiger partial charge in [0.2, 0.25) is 0 Å². The summed E-state index contributed by atoms with van der Waals surface area (Å²) in [5.74, 6) is 0. The lowest BCUT2D eigenvalue weighted by Crippen LogP contribution is -2.12. The van der Waals surface area contributed by atoms with Gasteiger partial charge in [0.1, 0.15) is 0 Å². The van der Waals surface area contributed by atoms with Crippen LogP contribution in [0.5, 0.6) is 0 Å². The molecule has 12 rings (SSSR count). The van der Waals surface area contributed by atoms with Crippen molar-refractivity contribution < 1.29 is 0 Å². The van der Waals surface area contributed by atoms with E-state index in [-0.39, 0.29) is 0 Å². The molecule has 0 radical (unpaired) electrons. The predicted octanol–water partition coefficient (Wildman–Crippen LogP) is 19.1. The van der Waals surface area contributed by atoms with Crippen LogP contribution in [0, 0.1) is 0 Å². The van der Waals surface area contributed by atoms with Crippen LogP contribution in [-0.2, 0) is 0 Å². The molecule has 0 unspecified atom stereocenters. The van der Waals surface area contributed by atoms with Gasteiger partial charge in [-0.3, -0.25) is 0 Å². The van der Waals surface area contributed by atoms with Crippen LogP contribution in [0.25, 0.3) is 99.4 Å². The molecule has 0 bridgehead atoms. The Labute approximate surface area is 404 Å². The summed E-state index contributed by atoms with van der Waals surface area (Å²) in [5, 5.41) is 4.95. The van der Waals surface area contributed by atoms with Gasteiger partial charge < -0.3 is 4.90 Å². The Morgan fingerprint density at radius 2 is 0.551 bits per heavy atom. The second-order valence-electron chi connectivity index (χ2n) is 17.6. The Kier molecular flexibility index (Phi) is 11.0. The summed E-state index contributed by atoms with van der Waals surface area (Å²) in [6.07, 6.45) is 0. The van der Waals surface area contributed by atoms with E-state index < -0.39 is 0 Å². The molecule has 0 aliphatic carbocycles. The SMILES string of the molecule is c1ccc(-c2ccccc2-c2ccccc2-c2ccccc2N(c2ccc(-c3ccc(-c4cccc5ccccc45)cc3)cc2)c2ccccc2-c2cccc3cccc(-c4ccccc4)c23)cc1. The van der Waals surface area contributed by atoms with Crippen molar-refractivity contribution >= 4 is 38.6 Å². The van der Waals surface area contributed by atoms with Gasteiger partial charge in [0.15, 0.2) is 0 Å². The monoisotopic (exact) mass is 877 g/mol. The molecule has 12 aromatic carbocycles. The smallest absolute Gasteiger partial charge is 0.0540 e. The number of para-hydroxylation sites is 2. The van der Waals surface area contributed by atoms with Crippen LogP contribution in [0.1, 0.15) is 0 Å². The van der Waals surface area contributed by atoms with Crippen LogP contribution >= 0.6 is 0 Å². The normalized spacial score (nSPS) is 11.2. The summed E-state index contributed by atoms with van der Waals surface area (Å²) in [6.45, 7) is 0. The molecule has 1 heteroatoms. The minimum Gasteiger partial charge on any atom is -0.309 e. The van der Waals surface area contributed by atoms with Crippen LogP contribution in [0.2, 0.25) is 0 Å². The fraction of sp³-hybridized carbons (Fsp3) is 0. The maximum atomic E-state index is 2.47. The van der Waals surface area contributed by atoms with Crippen molar-refractivity contribution in [2.24, 2.45) is 0 Å². The van der Waals surface area contributed by atoms with Crippen molar-refractivity contribution in [1.29, 1.82) is 0 Å². The second kappa shape index (κ2) is 18.3. The summed E-state index contributed by atoms with van der Waals surface area (Å²) in [5.41, 5.74) is 19.9. The summed E-state index contributed by atoms with van der Waals surface area (Å²) in [4.78, 5) is 2.47. The molecule has 0 aromatic heterocycles. The minimum absolute atomic E-state index is 1.07. The first-order valence-electron chi connectivity index (χ1n) is 23.8. The Balaban J connectivity index is 1.03. The lowest BCUT2D eigenvalue weighted by atomic mass is 9.88. The zero-order valence-electron chi connectivity index (χ0n) is 38.1. The third kappa shape index (κ3) is 7.86. The molecule has 0 saturated carbocycles. The zero-order valence-corrected chi connectivity index (χ0v) is 38.1. The summed E-state index contributed by atoms with van der Waals surface area (Å²) >= 11 is 0. The molecule has 0 atom stereocenters. The number of anilines is 3. The maximum absolute atomic E-state index is 2.47. The van der Waals surface area contributed by atoms with E-state index in [1.807, 2.05) is 0 Å². The maximum Gasteiger partial charge on any atom is 0.0540 e. The fourth-order valence-corrected chi connectivity index (χ4v) is 10.3. The highest BCUT2D eigenvalue weighted by atomic mass is 15.1. The molecular formula is C68H47N. The van der Waals surface area contributed by atoms with Crippen molar-refractivity contribution in [2.75, 3.05) is 4.90 Å². The molecule has 0 fully saturated rings. The number of hydrogen-bond donors (Lipinski definition) is 0. The highest BCUT2D eigenvalue weighted by Crippen LogP contribution is 2.49. The van der Waals surface area contributed by atoms with Crippen molar-refractivity contribution in [3.8, 4) is 77.9 Å². The van der Waals surface area contributed by atoms with Crippen molar-refractivity contribution in [2.45, 2.75) is 0 Å². The third-order valence-electron chi connectivity index (χ3n) is 13.5. The number of fused-ring (bicyclic) bond motifs is 2. The Bertz CT molecular complexity index is 3750. The molecule has 0 aliphatic rings. The highest BCUT2D eigenvalue weighted by Gasteiger charge is 2.24. The molecule has 69 heavy (non-hydrogen) atoms. The van der Waals surface area contributed by atoms with Gasteiger partial charge >= 0.3 is 0 Å². The summed E-state index contributed by atoms with van der Waals surface area (Å²) in [6, 6.07) is 104. The third-order valence-corrected chi connectivity index (χ3v) is 13.5. The van der Waals surface area contributed by atoms with Crippen molar-refractivity contribution in [1.82, 2.24) is 0 Å². The van der Waals surface area contributed by atoms with E-state index in [1.165, 1.54) is 82.7 Å². The van der Waals surface area contributed by atoms with Gasteiger partial charge in [-0.25, -0.2) is 0 Å². The molecule has 0 heterocycles. The average molecular weight is 878 g/mol. The number of rotatable bonds is 10. The van der Waals surface area contributed by atoms with Crippen molar-refractivity contribution in [3.05, 3.63) is 285 Å². The molecule has 12 aromatic rings. The number of nitrogens with zero attached hydrogens (tertiary/aromatic N) is 1. The lowest BCUT2D eigenvalue weighted by Gasteiger charge is -2.31. The van der Waals surface area contributed by atoms with Crippen LogP contribution in [-0.4, -0.2) is 0 Å².